The lowest BCUT2D eigenvalue weighted by atomic mass is 10.1. The van der Waals surface area contributed by atoms with Crippen molar-refractivity contribution in [2.75, 3.05) is 0 Å². The van der Waals surface area contributed by atoms with Crippen LogP contribution in [0.5, 0.6) is 0 Å². The number of carbonyl (C=O) groups excluding carboxylic acids is 1. The smallest absolute Gasteiger partial charge is 0.251 e. The summed E-state index contributed by atoms with van der Waals surface area (Å²) in [5.74, 6) is -0.146. The third-order valence-electron chi connectivity index (χ3n) is 2.88. The molecule has 2 aromatic rings. The van der Waals surface area contributed by atoms with Crippen LogP contribution in [0.1, 0.15) is 28.9 Å². The van der Waals surface area contributed by atoms with Gasteiger partial charge in [-0.25, -0.2) is 0 Å². The molecule has 0 radical (unpaired) electrons. The summed E-state index contributed by atoms with van der Waals surface area (Å²) < 4.78 is 1.76. The number of halogens is 3. The Hall–Kier alpha value is -0.840. The standard InChI is InChI=1S/C15H12Br2ClNO/c1-9(10-3-2-4-12(16)7-10)19-15(20)11-5-6-13(17)14(18)8-11/h2-9H,1H3,(H,19,20). The predicted octanol–water partition coefficient (Wildman–Crippen LogP) is 5.36. The van der Waals surface area contributed by atoms with Crippen molar-refractivity contribution >= 4 is 49.4 Å². The molecule has 2 aromatic carbocycles. The summed E-state index contributed by atoms with van der Waals surface area (Å²) in [5.41, 5.74) is 1.58. The summed E-state index contributed by atoms with van der Waals surface area (Å²) in [7, 11) is 0. The van der Waals surface area contributed by atoms with Crippen LogP contribution in [0.3, 0.4) is 0 Å². The molecule has 104 valence electrons. The number of hydrogen-bond donors (Lipinski definition) is 1. The lowest BCUT2D eigenvalue weighted by Gasteiger charge is -2.15. The van der Waals surface area contributed by atoms with Gasteiger partial charge in [0.25, 0.3) is 5.91 Å². The second-order valence-corrected chi connectivity index (χ2v) is 6.56. The Kier molecular flexibility index (Phi) is 5.24. The molecule has 0 aliphatic carbocycles. The first-order valence-corrected chi connectivity index (χ1v) is 7.95. The Bertz CT molecular complexity index is 646. The van der Waals surface area contributed by atoms with Crippen molar-refractivity contribution in [3.63, 3.8) is 0 Å². The number of nitrogens with one attached hydrogen (secondary N) is 1. The van der Waals surface area contributed by atoms with E-state index in [1.807, 2.05) is 31.2 Å². The van der Waals surface area contributed by atoms with Gasteiger partial charge in [-0.3, -0.25) is 4.79 Å². The fraction of sp³-hybridized carbons (Fsp3) is 0.133. The summed E-state index contributed by atoms with van der Waals surface area (Å²) in [6, 6.07) is 12.9. The fourth-order valence-corrected chi connectivity index (χ4v) is 2.62. The minimum absolute atomic E-state index is 0.0811. The second kappa shape index (κ2) is 6.74. The van der Waals surface area contributed by atoms with E-state index in [1.54, 1.807) is 18.2 Å². The van der Waals surface area contributed by atoms with Crippen LogP contribution in [-0.2, 0) is 0 Å². The molecule has 0 aromatic heterocycles. The van der Waals surface area contributed by atoms with Crippen LogP contribution in [0.25, 0.3) is 0 Å². The van der Waals surface area contributed by atoms with Crippen LogP contribution in [0, 0.1) is 0 Å². The van der Waals surface area contributed by atoms with Crippen LogP contribution in [0.2, 0.25) is 5.02 Å². The van der Waals surface area contributed by atoms with E-state index >= 15 is 0 Å². The fourth-order valence-electron chi connectivity index (χ4n) is 1.78. The largest absolute Gasteiger partial charge is 0.346 e. The van der Waals surface area contributed by atoms with Crippen molar-refractivity contribution in [2.24, 2.45) is 0 Å². The molecule has 1 unspecified atom stereocenters. The first-order chi connectivity index (χ1) is 9.47. The highest BCUT2D eigenvalue weighted by Crippen LogP contribution is 2.24. The maximum Gasteiger partial charge on any atom is 0.251 e. The average Bonchev–Trinajstić information content (AvgIpc) is 2.41. The molecule has 20 heavy (non-hydrogen) atoms. The molecule has 0 fully saturated rings. The van der Waals surface area contributed by atoms with Gasteiger partial charge in [0.2, 0.25) is 0 Å². The maximum atomic E-state index is 12.2. The van der Waals surface area contributed by atoms with Crippen molar-refractivity contribution in [3.8, 4) is 0 Å². The normalized spacial score (nSPS) is 12.0. The van der Waals surface area contributed by atoms with Gasteiger partial charge >= 0.3 is 0 Å². The van der Waals surface area contributed by atoms with Gasteiger partial charge in [-0.05, 0) is 58.7 Å². The van der Waals surface area contributed by atoms with E-state index in [4.69, 9.17) is 11.6 Å². The molecular weight excluding hydrogens is 405 g/mol. The number of rotatable bonds is 3. The Morgan fingerprint density at radius 3 is 2.60 bits per heavy atom. The molecule has 1 N–H and O–H groups in total. The van der Waals surface area contributed by atoms with E-state index in [-0.39, 0.29) is 11.9 Å². The molecule has 1 amide bonds. The van der Waals surface area contributed by atoms with E-state index in [9.17, 15) is 4.79 Å². The highest BCUT2D eigenvalue weighted by Gasteiger charge is 2.12. The Morgan fingerprint density at radius 2 is 1.95 bits per heavy atom. The van der Waals surface area contributed by atoms with E-state index in [2.05, 4.69) is 37.2 Å². The van der Waals surface area contributed by atoms with Crippen LogP contribution >= 0.6 is 43.5 Å². The quantitative estimate of drug-likeness (QED) is 0.716. The van der Waals surface area contributed by atoms with Gasteiger partial charge in [0.1, 0.15) is 0 Å². The summed E-state index contributed by atoms with van der Waals surface area (Å²) in [6.07, 6.45) is 0. The molecular formula is C15H12Br2ClNO. The van der Waals surface area contributed by atoms with Gasteiger partial charge in [0.05, 0.1) is 11.1 Å². The van der Waals surface area contributed by atoms with Crippen molar-refractivity contribution < 1.29 is 4.79 Å². The monoisotopic (exact) mass is 415 g/mol. The van der Waals surface area contributed by atoms with E-state index in [0.29, 0.717) is 10.6 Å². The first kappa shape index (κ1) is 15.5. The van der Waals surface area contributed by atoms with Crippen LogP contribution in [0.15, 0.2) is 51.4 Å². The summed E-state index contributed by atoms with van der Waals surface area (Å²) in [5, 5.41) is 3.47. The van der Waals surface area contributed by atoms with Gasteiger partial charge in [-0.1, -0.05) is 39.7 Å². The lowest BCUT2D eigenvalue weighted by Crippen LogP contribution is -2.26. The minimum Gasteiger partial charge on any atom is -0.346 e. The zero-order chi connectivity index (χ0) is 14.7. The summed E-state index contributed by atoms with van der Waals surface area (Å²) >= 11 is 12.7. The first-order valence-electron chi connectivity index (χ1n) is 5.99. The van der Waals surface area contributed by atoms with Crippen molar-refractivity contribution in [2.45, 2.75) is 13.0 Å². The molecule has 0 heterocycles. The molecule has 0 spiro atoms. The van der Waals surface area contributed by atoms with Gasteiger partial charge < -0.3 is 5.32 Å². The number of hydrogen-bond acceptors (Lipinski definition) is 1. The molecule has 0 bridgehead atoms. The molecule has 0 saturated heterocycles. The minimum atomic E-state index is -0.146. The van der Waals surface area contributed by atoms with Gasteiger partial charge in [-0.15, -0.1) is 0 Å². The summed E-state index contributed by atoms with van der Waals surface area (Å²) in [6.45, 7) is 1.94. The lowest BCUT2D eigenvalue weighted by molar-refractivity contribution is 0.0940. The molecule has 2 nitrogen and oxygen atoms in total. The van der Waals surface area contributed by atoms with Crippen molar-refractivity contribution in [1.29, 1.82) is 0 Å². The van der Waals surface area contributed by atoms with E-state index in [0.717, 1.165) is 14.5 Å². The van der Waals surface area contributed by atoms with E-state index in [1.165, 1.54) is 0 Å². The maximum absolute atomic E-state index is 12.2. The third kappa shape index (κ3) is 3.84. The number of amides is 1. The SMILES string of the molecule is CC(NC(=O)c1ccc(Br)c(Cl)c1)c1cccc(Br)c1. The van der Waals surface area contributed by atoms with Crippen LogP contribution in [0.4, 0.5) is 0 Å². The van der Waals surface area contributed by atoms with Crippen LogP contribution in [-0.4, -0.2) is 5.91 Å². The molecule has 1 atom stereocenters. The van der Waals surface area contributed by atoms with Gasteiger partial charge in [0.15, 0.2) is 0 Å². The molecule has 0 aliphatic rings. The van der Waals surface area contributed by atoms with Crippen LogP contribution < -0.4 is 5.32 Å². The molecule has 0 saturated carbocycles. The average molecular weight is 418 g/mol. The molecule has 2 rings (SSSR count). The second-order valence-electron chi connectivity index (χ2n) is 4.38. The summed E-state index contributed by atoms with van der Waals surface area (Å²) in [4.78, 5) is 12.2. The Labute approximate surface area is 139 Å². The Balaban J connectivity index is 2.13. The van der Waals surface area contributed by atoms with Crippen molar-refractivity contribution in [3.05, 3.63) is 67.6 Å². The molecule has 0 aliphatic heterocycles. The van der Waals surface area contributed by atoms with Crippen molar-refractivity contribution in [1.82, 2.24) is 5.32 Å². The Morgan fingerprint density at radius 1 is 1.20 bits per heavy atom. The number of benzene rings is 2. The van der Waals surface area contributed by atoms with Gasteiger partial charge in [-0.2, -0.15) is 0 Å². The van der Waals surface area contributed by atoms with Gasteiger partial charge in [0, 0.05) is 14.5 Å². The predicted molar refractivity (Wildman–Crippen MR) is 89.2 cm³/mol. The highest BCUT2D eigenvalue weighted by atomic mass is 79.9. The highest BCUT2D eigenvalue weighted by molar-refractivity contribution is 9.10. The third-order valence-corrected chi connectivity index (χ3v) is 4.60. The molecule has 5 heteroatoms. The topological polar surface area (TPSA) is 29.1 Å². The zero-order valence-corrected chi connectivity index (χ0v) is 14.6. The van der Waals surface area contributed by atoms with E-state index < -0.39 is 0 Å². The number of carbonyl (C=O) groups is 1. The zero-order valence-electron chi connectivity index (χ0n) is 10.7.